The molecule has 2 amide bonds. The molecule has 0 aromatic heterocycles. The van der Waals surface area contributed by atoms with Gasteiger partial charge in [0, 0.05) is 33.3 Å². The summed E-state index contributed by atoms with van der Waals surface area (Å²) in [5.74, 6) is 0.928. The Morgan fingerprint density at radius 2 is 2.04 bits per heavy atom. The van der Waals surface area contributed by atoms with Gasteiger partial charge in [-0.2, -0.15) is 0 Å². The third kappa shape index (κ3) is 3.11. The highest BCUT2D eigenvalue weighted by Crippen LogP contribution is 2.41. The minimum atomic E-state index is -0.401. The second kappa shape index (κ2) is 6.81. The maximum absolute atomic E-state index is 12.9. The number of benzene rings is 1. The normalized spacial score (nSPS) is 23.3. The van der Waals surface area contributed by atoms with Gasteiger partial charge in [0.25, 0.3) is 0 Å². The van der Waals surface area contributed by atoms with Crippen LogP contribution < -0.4 is 4.74 Å². The molecule has 2 fully saturated rings. The van der Waals surface area contributed by atoms with Gasteiger partial charge in [0.15, 0.2) is 0 Å². The lowest BCUT2D eigenvalue weighted by atomic mass is 9.85. The van der Waals surface area contributed by atoms with Gasteiger partial charge in [0.2, 0.25) is 11.8 Å². The summed E-state index contributed by atoms with van der Waals surface area (Å²) in [5.41, 5.74) is 0.660. The molecule has 2 aliphatic heterocycles. The molecular weight excluding hydrogens is 308 g/mol. The van der Waals surface area contributed by atoms with Crippen molar-refractivity contribution in [3.8, 4) is 5.75 Å². The molecule has 6 heteroatoms. The predicted octanol–water partition coefficient (Wildman–Crippen LogP) is 1.29. The highest BCUT2D eigenvalue weighted by atomic mass is 16.5. The van der Waals surface area contributed by atoms with E-state index in [4.69, 9.17) is 9.47 Å². The monoisotopic (exact) mass is 332 g/mol. The zero-order valence-electron chi connectivity index (χ0n) is 14.3. The van der Waals surface area contributed by atoms with Crippen molar-refractivity contribution in [2.45, 2.75) is 19.4 Å². The van der Waals surface area contributed by atoms with Gasteiger partial charge >= 0.3 is 0 Å². The van der Waals surface area contributed by atoms with E-state index in [9.17, 15) is 9.59 Å². The van der Waals surface area contributed by atoms with E-state index in [0.717, 1.165) is 30.7 Å². The Labute approximate surface area is 142 Å². The first-order valence-electron chi connectivity index (χ1n) is 8.27. The lowest BCUT2D eigenvalue weighted by Crippen LogP contribution is -2.39. The van der Waals surface area contributed by atoms with Gasteiger partial charge in [0.05, 0.1) is 12.5 Å². The van der Waals surface area contributed by atoms with Crippen LogP contribution in [0.1, 0.15) is 18.4 Å². The van der Waals surface area contributed by atoms with Crippen LogP contribution in [0.2, 0.25) is 0 Å². The molecule has 6 nitrogen and oxygen atoms in total. The smallest absolute Gasteiger partial charge is 0.248 e. The lowest BCUT2D eigenvalue weighted by molar-refractivity contribution is -0.137. The summed E-state index contributed by atoms with van der Waals surface area (Å²) < 4.78 is 10.2. The molecule has 2 heterocycles. The highest BCUT2D eigenvalue weighted by molar-refractivity contribution is 5.87. The number of hydrogen-bond donors (Lipinski definition) is 0. The predicted molar refractivity (Wildman–Crippen MR) is 88.5 cm³/mol. The molecule has 0 radical (unpaired) electrons. The van der Waals surface area contributed by atoms with E-state index >= 15 is 0 Å². The molecule has 2 saturated heterocycles. The average Bonchev–Trinajstić information content (AvgIpc) is 3.15. The number of carbonyl (C=O) groups is 2. The quantitative estimate of drug-likeness (QED) is 0.815. The van der Waals surface area contributed by atoms with Crippen LogP contribution in [-0.4, -0.2) is 62.1 Å². The maximum atomic E-state index is 12.9. The van der Waals surface area contributed by atoms with Gasteiger partial charge in [-0.1, -0.05) is 12.1 Å². The second-order valence-electron chi connectivity index (χ2n) is 6.61. The summed E-state index contributed by atoms with van der Waals surface area (Å²) in [5, 5.41) is 0. The zero-order chi connectivity index (χ0) is 17.2. The standard InChI is InChI=1S/C18H24N2O4/c1-23-12-16(21)20-9-7-18(13-20)6-8-19(17(18)22)11-14-4-3-5-15(10-14)24-2/h3-5,10H,6-9,11-13H2,1-2H3/t18-/m1/s1. The van der Waals surface area contributed by atoms with E-state index in [1.807, 2.05) is 29.2 Å². The molecule has 0 aliphatic carbocycles. The van der Waals surface area contributed by atoms with Crippen LogP contribution in [-0.2, 0) is 20.9 Å². The van der Waals surface area contributed by atoms with E-state index in [1.165, 1.54) is 7.11 Å². The maximum Gasteiger partial charge on any atom is 0.248 e. The van der Waals surface area contributed by atoms with Crippen molar-refractivity contribution in [1.29, 1.82) is 0 Å². The Kier molecular flexibility index (Phi) is 4.76. The molecule has 2 aliphatic rings. The Hall–Kier alpha value is -2.08. The zero-order valence-corrected chi connectivity index (χ0v) is 14.3. The first-order valence-corrected chi connectivity index (χ1v) is 8.27. The minimum Gasteiger partial charge on any atom is -0.497 e. The molecule has 1 spiro atoms. The number of ether oxygens (including phenoxy) is 2. The largest absolute Gasteiger partial charge is 0.497 e. The van der Waals surface area contributed by atoms with Crippen LogP contribution in [0.3, 0.4) is 0 Å². The SMILES string of the molecule is COCC(=O)N1CC[C@]2(CCN(Cc3cccc(OC)c3)C2=O)C1. The minimum absolute atomic E-state index is 0.0339. The van der Waals surface area contributed by atoms with Gasteiger partial charge in [-0.25, -0.2) is 0 Å². The summed E-state index contributed by atoms with van der Waals surface area (Å²) in [6, 6.07) is 7.80. The van der Waals surface area contributed by atoms with E-state index in [1.54, 1.807) is 12.0 Å². The average molecular weight is 332 g/mol. The molecule has 1 aromatic rings. The Morgan fingerprint density at radius 3 is 2.79 bits per heavy atom. The number of carbonyl (C=O) groups excluding carboxylic acids is 2. The van der Waals surface area contributed by atoms with Crippen LogP contribution in [0.15, 0.2) is 24.3 Å². The Bertz CT molecular complexity index is 633. The molecule has 0 saturated carbocycles. The van der Waals surface area contributed by atoms with Crippen molar-refractivity contribution in [3.63, 3.8) is 0 Å². The summed E-state index contributed by atoms with van der Waals surface area (Å²) in [7, 11) is 3.15. The number of nitrogens with zero attached hydrogens (tertiary/aromatic N) is 2. The van der Waals surface area contributed by atoms with E-state index in [2.05, 4.69) is 0 Å². The number of rotatable bonds is 5. The second-order valence-corrected chi connectivity index (χ2v) is 6.61. The molecule has 0 bridgehead atoms. The molecule has 3 rings (SSSR count). The topological polar surface area (TPSA) is 59.1 Å². The fourth-order valence-electron chi connectivity index (χ4n) is 3.71. The summed E-state index contributed by atoms with van der Waals surface area (Å²) >= 11 is 0. The van der Waals surface area contributed by atoms with Crippen molar-refractivity contribution < 1.29 is 19.1 Å². The number of hydrogen-bond acceptors (Lipinski definition) is 4. The molecule has 1 aromatic carbocycles. The van der Waals surface area contributed by atoms with Crippen molar-refractivity contribution in [3.05, 3.63) is 29.8 Å². The van der Waals surface area contributed by atoms with Crippen molar-refractivity contribution in [1.82, 2.24) is 9.80 Å². The molecule has 130 valence electrons. The van der Waals surface area contributed by atoms with Crippen LogP contribution in [0, 0.1) is 5.41 Å². The van der Waals surface area contributed by atoms with E-state index in [-0.39, 0.29) is 18.4 Å². The third-order valence-corrected chi connectivity index (χ3v) is 5.08. The molecular formula is C18H24N2O4. The van der Waals surface area contributed by atoms with Crippen LogP contribution in [0.4, 0.5) is 0 Å². The van der Waals surface area contributed by atoms with Crippen molar-refractivity contribution in [2.24, 2.45) is 5.41 Å². The van der Waals surface area contributed by atoms with Gasteiger partial charge in [-0.15, -0.1) is 0 Å². The van der Waals surface area contributed by atoms with Crippen molar-refractivity contribution in [2.75, 3.05) is 40.5 Å². The third-order valence-electron chi connectivity index (χ3n) is 5.08. The van der Waals surface area contributed by atoms with Crippen LogP contribution >= 0.6 is 0 Å². The Morgan fingerprint density at radius 1 is 1.25 bits per heavy atom. The first kappa shape index (κ1) is 16.8. The number of methoxy groups -OCH3 is 2. The van der Waals surface area contributed by atoms with Gasteiger partial charge < -0.3 is 19.3 Å². The summed E-state index contributed by atoms with van der Waals surface area (Å²) in [4.78, 5) is 28.6. The summed E-state index contributed by atoms with van der Waals surface area (Å²) in [6.07, 6.45) is 1.56. The van der Waals surface area contributed by atoms with E-state index in [0.29, 0.717) is 19.6 Å². The summed E-state index contributed by atoms with van der Waals surface area (Å²) in [6.45, 7) is 2.56. The van der Waals surface area contributed by atoms with Gasteiger partial charge in [-0.3, -0.25) is 9.59 Å². The highest BCUT2D eigenvalue weighted by Gasteiger charge is 2.51. The van der Waals surface area contributed by atoms with Crippen molar-refractivity contribution >= 4 is 11.8 Å². The number of amides is 2. The van der Waals surface area contributed by atoms with Crippen LogP contribution in [0.25, 0.3) is 0 Å². The molecule has 0 unspecified atom stereocenters. The van der Waals surface area contributed by atoms with Gasteiger partial charge in [0.1, 0.15) is 12.4 Å². The number of likely N-dealkylation sites (tertiary alicyclic amines) is 2. The van der Waals surface area contributed by atoms with Crippen LogP contribution in [0.5, 0.6) is 5.75 Å². The lowest BCUT2D eigenvalue weighted by Gasteiger charge is -2.23. The first-order chi connectivity index (χ1) is 11.6. The molecule has 1 atom stereocenters. The Balaban J connectivity index is 1.66. The molecule has 0 N–H and O–H groups in total. The fourth-order valence-corrected chi connectivity index (χ4v) is 3.71. The molecule has 24 heavy (non-hydrogen) atoms. The fraction of sp³-hybridized carbons (Fsp3) is 0.556. The van der Waals surface area contributed by atoms with Gasteiger partial charge in [-0.05, 0) is 30.5 Å². The van der Waals surface area contributed by atoms with E-state index < -0.39 is 5.41 Å².